The Morgan fingerprint density at radius 3 is 2.70 bits per heavy atom. The van der Waals surface area contributed by atoms with Crippen molar-refractivity contribution in [1.29, 1.82) is 0 Å². The van der Waals surface area contributed by atoms with Crippen molar-refractivity contribution < 1.29 is 13.9 Å². The van der Waals surface area contributed by atoms with Crippen LogP contribution in [0.3, 0.4) is 0 Å². The van der Waals surface area contributed by atoms with Crippen LogP contribution in [0.4, 0.5) is 4.39 Å². The zero-order valence-electron chi connectivity index (χ0n) is 12.5. The number of esters is 1. The minimum absolute atomic E-state index is 0.139. The highest BCUT2D eigenvalue weighted by Gasteiger charge is 2.15. The third-order valence-corrected chi connectivity index (χ3v) is 3.59. The van der Waals surface area contributed by atoms with Crippen molar-refractivity contribution in [3.05, 3.63) is 70.0 Å². The maximum absolute atomic E-state index is 13.9. The van der Waals surface area contributed by atoms with Crippen LogP contribution in [-0.4, -0.2) is 22.6 Å². The molecular weight excluding hydrogens is 299 g/mol. The molecule has 5 nitrogen and oxygen atoms in total. The van der Waals surface area contributed by atoms with Gasteiger partial charge in [-0.1, -0.05) is 12.1 Å². The summed E-state index contributed by atoms with van der Waals surface area (Å²) in [5, 5.41) is 0.224. The summed E-state index contributed by atoms with van der Waals surface area (Å²) in [5.74, 6) is -1.08. The second kappa shape index (κ2) is 5.64. The molecule has 0 spiro atoms. The lowest BCUT2D eigenvalue weighted by Gasteiger charge is -2.10. The van der Waals surface area contributed by atoms with Gasteiger partial charge in [-0.2, -0.15) is 0 Å². The van der Waals surface area contributed by atoms with E-state index in [-0.39, 0.29) is 16.6 Å². The van der Waals surface area contributed by atoms with E-state index in [2.05, 4.69) is 4.98 Å². The predicted octanol–water partition coefficient (Wildman–Crippen LogP) is 2.62. The maximum atomic E-state index is 13.9. The molecule has 0 bridgehead atoms. The summed E-state index contributed by atoms with van der Waals surface area (Å²) in [5.41, 5.74) is 0.799. The summed E-state index contributed by atoms with van der Waals surface area (Å²) in [4.78, 5) is 28.7. The molecule has 1 aromatic carbocycles. The van der Waals surface area contributed by atoms with Crippen molar-refractivity contribution in [3.8, 4) is 5.69 Å². The largest absolute Gasteiger partial charge is 0.465 e. The van der Waals surface area contributed by atoms with E-state index in [1.165, 1.54) is 36.1 Å². The Balaban J connectivity index is 2.31. The molecule has 0 aliphatic carbocycles. The summed E-state index contributed by atoms with van der Waals surface area (Å²) < 4.78 is 19.8. The van der Waals surface area contributed by atoms with Crippen LogP contribution in [0.5, 0.6) is 0 Å². The number of pyridine rings is 2. The fourth-order valence-corrected chi connectivity index (χ4v) is 2.42. The monoisotopic (exact) mass is 312 g/mol. The minimum atomic E-state index is -0.572. The zero-order valence-corrected chi connectivity index (χ0v) is 12.5. The molecule has 2 heterocycles. The quantitative estimate of drug-likeness (QED) is 0.683. The van der Waals surface area contributed by atoms with Crippen molar-refractivity contribution in [3.63, 3.8) is 0 Å². The molecule has 116 valence electrons. The first-order valence-corrected chi connectivity index (χ1v) is 6.89. The zero-order chi connectivity index (χ0) is 16.6. The van der Waals surface area contributed by atoms with Gasteiger partial charge in [0.25, 0.3) is 5.56 Å². The normalized spacial score (nSPS) is 10.7. The summed E-state index contributed by atoms with van der Waals surface area (Å²) >= 11 is 0. The number of aromatic nitrogens is 2. The van der Waals surface area contributed by atoms with Gasteiger partial charge in [-0.25, -0.2) is 9.18 Å². The average molecular weight is 312 g/mol. The molecule has 0 aliphatic heterocycles. The molecule has 0 unspecified atom stereocenters. The van der Waals surface area contributed by atoms with E-state index in [9.17, 15) is 14.0 Å². The van der Waals surface area contributed by atoms with Crippen molar-refractivity contribution in [2.75, 3.05) is 7.11 Å². The molecule has 3 aromatic rings. The van der Waals surface area contributed by atoms with Crippen LogP contribution in [0.25, 0.3) is 16.6 Å². The van der Waals surface area contributed by atoms with Gasteiger partial charge in [0.2, 0.25) is 0 Å². The molecule has 0 aliphatic rings. The van der Waals surface area contributed by atoms with Crippen molar-refractivity contribution in [1.82, 2.24) is 9.55 Å². The third-order valence-electron chi connectivity index (χ3n) is 3.59. The number of nitrogens with zero attached hydrogens (tertiary/aromatic N) is 2. The highest BCUT2D eigenvalue weighted by atomic mass is 19.1. The van der Waals surface area contributed by atoms with E-state index in [1.54, 1.807) is 25.1 Å². The van der Waals surface area contributed by atoms with Crippen LogP contribution in [0.2, 0.25) is 0 Å². The first-order valence-electron chi connectivity index (χ1n) is 6.89. The lowest BCUT2D eigenvalue weighted by atomic mass is 10.1. The standard InChI is InChI=1S/C17H13FN2O3/c1-10-11(17(22)23-2)9-12-14(19-10)7-8-20(16(12)21)15-6-4-3-5-13(15)18/h3-9H,1-2H3. The highest BCUT2D eigenvalue weighted by molar-refractivity contribution is 5.94. The molecule has 2 aromatic heterocycles. The molecule has 0 radical (unpaired) electrons. The second-order valence-electron chi connectivity index (χ2n) is 4.99. The molecule has 0 saturated heterocycles. The van der Waals surface area contributed by atoms with Crippen LogP contribution in [-0.2, 0) is 4.74 Å². The maximum Gasteiger partial charge on any atom is 0.339 e. The molecule has 0 N–H and O–H groups in total. The van der Waals surface area contributed by atoms with Gasteiger partial charge in [-0.05, 0) is 31.2 Å². The van der Waals surface area contributed by atoms with Crippen LogP contribution in [0, 0.1) is 12.7 Å². The van der Waals surface area contributed by atoms with Gasteiger partial charge in [0.1, 0.15) is 5.82 Å². The van der Waals surface area contributed by atoms with Crippen molar-refractivity contribution in [2.24, 2.45) is 0 Å². The van der Waals surface area contributed by atoms with Crippen LogP contribution < -0.4 is 5.56 Å². The van der Waals surface area contributed by atoms with E-state index < -0.39 is 17.3 Å². The number of hydrogen-bond acceptors (Lipinski definition) is 4. The number of ether oxygens (including phenoxy) is 1. The lowest BCUT2D eigenvalue weighted by molar-refractivity contribution is 0.0599. The smallest absolute Gasteiger partial charge is 0.339 e. The van der Waals surface area contributed by atoms with Crippen molar-refractivity contribution in [2.45, 2.75) is 6.92 Å². The number of carbonyl (C=O) groups excluding carboxylic acids is 1. The SMILES string of the molecule is COC(=O)c1cc2c(=O)n(-c3ccccc3F)ccc2nc1C. The van der Waals surface area contributed by atoms with Gasteiger partial charge < -0.3 is 4.74 Å². The Morgan fingerprint density at radius 1 is 1.26 bits per heavy atom. The number of methoxy groups -OCH3 is 1. The minimum Gasteiger partial charge on any atom is -0.465 e. The first kappa shape index (κ1) is 14.9. The van der Waals surface area contributed by atoms with Crippen LogP contribution in [0.15, 0.2) is 47.4 Å². The van der Waals surface area contributed by atoms with Gasteiger partial charge in [-0.3, -0.25) is 14.3 Å². The molecule has 0 saturated carbocycles. The summed E-state index contributed by atoms with van der Waals surface area (Å²) in [6.45, 7) is 1.66. The van der Waals surface area contributed by atoms with E-state index in [1.807, 2.05) is 0 Å². The summed E-state index contributed by atoms with van der Waals surface area (Å²) in [6, 6.07) is 9.01. The van der Waals surface area contributed by atoms with Crippen molar-refractivity contribution >= 4 is 16.9 Å². The number of aryl methyl sites for hydroxylation is 1. The molecule has 6 heteroatoms. The number of fused-ring (bicyclic) bond motifs is 1. The molecule has 0 atom stereocenters. The topological polar surface area (TPSA) is 61.2 Å². The van der Waals surface area contributed by atoms with Crippen LogP contribution in [0.1, 0.15) is 16.1 Å². The highest BCUT2D eigenvalue weighted by Crippen LogP contribution is 2.17. The number of carbonyl (C=O) groups is 1. The number of benzene rings is 1. The van der Waals surface area contributed by atoms with Gasteiger partial charge >= 0.3 is 5.97 Å². The Bertz CT molecular complexity index is 979. The average Bonchev–Trinajstić information content (AvgIpc) is 2.55. The molecule has 0 amide bonds. The number of rotatable bonds is 2. The molecular formula is C17H13FN2O3. The predicted molar refractivity (Wildman–Crippen MR) is 83.4 cm³/mol. The van der Waals surface area contributed by atoms with Gasteiger partial charge in [0.05, 0.1) is 35.0 Å². The van der Waals surface area contributed by atoms with Gasteiger partial charge in [0.15, 0.2) is 0 Å². The van der Waals surface area contributed by atoms with Gasteiger partial charge in [0, 0.05) is 6.20 Å². The second-order valence-corrected chi connectivity index (χ2v) is 4.99. The van der Waals surface area contributed by atoms with E-state index in [0.29, 0.717) is 11.2 Å². The van der Waals surface area contributed by atoms with E-state index >= 15 is 0 Å². The van der Waals surface area contributed by atoms with E-state index in [4.69, 9.17) is 4.74 Å². The van der Waals surface area contributed by atoms with E-state index in [0.717, 1.165) is 0 Å². The number of halogens is 1. The van der Waals surface area contributed by atoms with Crippen LogP contribution >= 0.6 is 0 Å². The van der Waals surface area contributed by atoms with Gasteiger partial charge in [-0.15, -0.1) is 0 Å². The summed E-state index contributed by atoms with van der Waals surface area (Å²) in [7, 11) is 1.26. The Kier molecular flexibility index (Phi) is 3.65. The Labute approximate surface area is 131 Å². The fourth-order valence-electron chi connectivity index (χ4n) is 2.42. The summed E-state index contributed by atoms with van der Waals surface area (Å²) in [6.07, 6.45) is 1.47. The number of para-hydroxylation sites is 1. The Hall–Kier alpha value is -3.02. The molecule has 3 rings (SSSR count). The first-order chi connectivity index (χ1) is 11.0. The Morgan fingerprint density at radius 2 is 2.00 bits per heavy atom. The fraction of sp³-hybridized carbons (Fsp3) is 0.118. The third kappa shape index (κ3) is 2.48. The molecule has 0 fully saturated rings. The lowest BCUT2D eigenvalue weighted by Crippen LogP contribution is -2.20. The number of hydrogen-bond donors (Lipinski definition) is 0. The molecule has 23 heavy (non-hydrogen) atoms.